The van der Waals surface area contributed by atoms with Gasteiger partial charge >= 0.3 is 6.09 Å². The van der Waals surface area contributed by atoms with Crippen molar-refractivity contribution in [2.75, 3.05) is 26.2 Å². The van der Waals surface area contributed by atoms with Gasteiger partial charge in [0, 0.05) is 31.6 Å². The highest BCUT2D eigenvalue weighted by atomic mass is 32.2. The van der Waals surface area contributed by atoms with Crippen LogP contribution in [0.15, 0.2) is 66.1 Å². The maximum atomic E-state index is 13.5. The van der Waals surface area contributed by atoms with Gasteiger partial charge in [0.05, 0.1) is 0 Å². The van der Waals surface area contributed by atoms with Gasteiger partial charge in [0.25, 0.3) is 0 Å². The van der Waals surface area contributed by atoms with Gasteiger partial charge in [0.1, 0.15) is 18.2 Å². The van der Waals surface area contributed by atoms with Crippen molar-refractivity contribution < 1.29 is 27.5 Å². The Hall–Kier alpha value is -3.70. The SMILES string of the molecule is CCCN1C(=O)[C@H](CCCCNC(=O)OCc2ccccc2)NC(=O)C12CCN(S(=O)(=O)C=Cc1ccccc1)CC2. The smallest absolute Gasteiger partial charge is 0.407 e. The number of nitrogens with one attached hydrogen (secondary N) is 2. The first-order valence-electron chi connectivity index (χ1n) is 14.6. The molecular weight excluding hydrogens is 556 g/mol. The third kappa shape index (κ3) is 7.77. The van der Waals surface area contributed by atoms with E-state index in [0.717, 1.165) is 11.1 Å². The van der Waals surface area contributed by atoms with Gasteiger partial charge in [-0.2, -0.15) is 4.31 Å². The molecule has 2 aromatic carbocycles. The zero-order valence-corrected chi connectivity index (χ0v) is 24.9. The van der Waals surface area contributed by atoms with E-state index in [0.29, 0.717) is 38.8 Å². The first kappa shape index (κ1) is 31.2. The molecule has 2 heterocycles. The van der Waals surface area contributed by atoms with Crippen LogP contribution in [0.5, 0.6) is 0 Å². The van der Waals surface area contributed by atoms with E-state index in [4.69, 9.17) is 4.74 Å². The van der Waals surface area contributed by atoms with Crippen molar-refractivity contribution in [1.82, 2.24) is 19.8 Å². The Bertz CT molecular complexity index is 1340. The minimum absolute atomic E-state index is 0.132. The summed E-state index contributed by atoms with van der Waals surface area (Å²) < 4.78 is 32.5. The Labute approximate surface area is 248 Å². The predicted octanol–water partition coefficient (Wildman–Crippen LogP) is 3.66. The van der Waals surface area contributed by atoms with Crippen molar-refractivity contribution in [3.8, 4) is 0 Å². The van der Waals surface area contributed by atoms with E-state index in [-0.39, 0.29) is 44.4 Å². The average molecular weight is 597 g/mol. The lowest BCUT2D eigenvalue weighted by atomic mass is 9.81. The summed E-state index contributed by atoms with van der Waals surface area (Å²) in [5.74, 6) is -0.355. The number of piperazine rings is 1. The number of ether oxygens (including phenoxy) is 1. The van der Waals surface area contributed by atoms with Crippen LogP contribution in [0.1, 0.15) is 56.6 Å². The van der Waals surface area contributed by atoms with Gasteiger partial charge in [-0.15, -0.1) is 0 Å². The molecule has 2 fully saturated rings. The number of unbranched alkanes of at least 4 members (excludes halogenated alkanes) is 1. The summed E-state index contributed by atoms with van der Waals surface area (Å²) in [7, 11) is -3.67. The van der Waals surface area contributed by atoms with E-state index in [9.17, 15) is 22.8 Å². The molecule has 1 spiro atoms. The van der Waals surface area contributed by atoms with Gasteiger partial charge in [-0.3, -0.25) is 9.59 Å². The van der Waals surface area contributed by atoms with E-state index in [2.05, 4.69) is 10.6 Å². The Balaban J connectivity index is 1.26. The van der Waals surface area contributed by atoms with Gasteiger partial charge in [-0.1, -0.05) is 67.6 Å². The molecule has 10 nitrogen and oxygen atoms in total. The molecule has 0 bridgehead atoms. The number of rotatable bonds is 12. The zero-order chi connectivity index (χ0) is 30.0. The van der Waals surface area contributed by atoms with Crippen LogP contribution in [0.2, 0.25) is 0 Å². The van der Waals surface area contributed by atoms with Crippen LogP contribution in [0.25, 0.3) is 6.08 Å². The summed E-state index contributed by atoms with van der Waals surface area (Å²) >= 11 is 0. The van der Waals surface area contributed by atoms with Gasteiger partial charge in [0.2, 0.25) is 21.8 Å². The molecule has 3 amide bonds. The molecule has 2 aliphatic heterocycles. The van der Waals surface area contributed by atoms with E-state index < -0.39 is 27.7 Å². The molecule has 0 saturated carbocycles. The Kier molecular flexibility index (Phi) is 10.8. The molecule has 2 aromatic rings. The van der Waals surface area contributed by atoms with Crippen LogP contribution in [-0.2, 0) is 31.0 Å². The number of alkyl carbamates (subject to hydrolysis) is 1. The fourth-order valence-corrected chi connectivity index (χ4v) is 6.67. The standard InChI is InChI=1S/C31H40N4O6S/c1-2-20-35-28(36)27(15-9-10-19-32-30(38)41-24-26-13-7-4-8-14-26)33-29(37)31(35)17-21-34(22-18-31)42(39,40)23-16-25-11-5-3-6-12-25/h3-8,11-14,16,23,27H,2,9-10,15,17-22,24H2,1H3,(H,32,38)(H,33,37)/t27-/m0/s1. The lowest BCUT2D eigenvalue weighted by Crippen LogP contribution is -2.73. The minimum atomic E-state index is -3.67. The van der Waals surface area contributed by atoms with Crippen LogP contribution < -0.4 is 10.6 Å². The molecule has 226 valence electrons. The molecule has 1 atom stereocenters. The van der Waals surface area contributed by atoms with Crippen LogP contribution in [-0.4, -0.2) is 73.3 Å². The summed E-state index contributed by atoms with van der Waals surface area (Å²) in [6.45, 7) is 3.28. The van der Waals surface area contributed by atoms with Crippen molar-refractivity contribution in [3.63, 3.8) is 0 Å². The molecule has 0 aliphatic carbocycles. The second-order valence-corrected chi connectivity index (χ2v) is 12.5. The number of hydrogen-bond donors (Lipinski definition) is 2. The van der Waals surface area contributed by atoms with Crippen LogP contribution in [0, 0.1) is 0 Å². The Morgan fingerprint density at radius 2 is 1.71 bits per heavy atom. The Morgan fingerprint density at radius 3 is 2.38 bits per heavy atom. The van der Waals surface area contributed by atoms with E-state index in [1.807, 2.05) is 67.6 Å². The fraction of sp³-hybridized carbons (Fsp3) is 0.452. The number of carbonyl (C=O) groups excluding carboxylic acids is 3. The van der Waals surface area contributed by atoms with Crippen LogP contribution in [0.3, 0.4) is 0 Å². The number of carbonyl (C=O) groups is 3. The summed E-state index contributed by atoms with van der Waals surface area (Å²) in [6.07, 6.45) is 3.94. The molecule has 4 rings (SSSR count). The molecular formula is C31H40N4O6S. The van der Waals surface area contributed by atoms with E-state index in [1.54, 1.807) is 11.0 Å². The summed E-state index contributed by atoms with van der Waals surface area (Å²) in [4.78, 5) is 40.7. The minimum Gasteiger partial charge on any atom is -0.445 e. The highest BCUT2D eigenvalue weighted by Gasteiger charge is 2.53. The number of piperidine rings is 1. The molecule has 0 radical (unpaired) electrons. The number of benzene rings is 2. The quantitative estimate of drug-likeness (QED) is 0.361. The molecule has 42 heavy (non-hydrogen) atoms. The average Bonchev–Trinajstić information content (AvgIpc) is 3.01. The summed E-state index contributed by atoms with van der Waals surface area (Å²) in [6, 6.07) is 18.0. The van der Waals surface area contributed by atoms with Gasteiger partial charge in [0.15, 0.2) is 0 Å². The molecule has 2 saturated heterocycles. The van der Waals surface area contributed by atoms with Crippen molar-refractivity contribution >= 4 is 34.0 Å². The topological polar surface area (TPSA) is 125 Å². The van der Waals surface area contributed by atoms with Crippen LogP contribution in [0.4, 0.5) is 4.79 Å². The second-order valence-electron chi connectivity index (χ2n) is 10.7. The lowest BCUT2D eigenvalue weighted by molar-refractivity contribution is -0.160. The molecule has 0 unspecified atom stereocenters. The van der Waals surface area contributed by atoms with Crippen molar-refractivity contribution in [2.45, 2.75) is 63.6 Å². The first-order chi connectivity index (χ1) is 20.2. The molecule has 11 heteroatoms. The zero-order valence-electron chi connectivity index (χ0n) is 24.0. The van der Waals surface area contributed by atoms with Crippen molar-refractivity contribution in [3.05, 3.63) is 77.2 Å². The maximum absolute atomic E-state index is 13.5. The maximum Gasteiger partial charge on any atom is 0.407 e. The highest BCUT2D eigenvalue weighted by Crippen LogP contribution is 2.35. The first-order valence-corrected chi connectivity index (χ1v) is 16.1. The fourth-order valence-electron chi connectivity index (χ4n) is 5.48. The monoisotopic (exact) mass is 596 g/mol. The highest BCUT2D eigenvalue weighted by molar-refractivity contribution is 7.92. The summed E-state index contributed by atoms with van der Waals surface area (Å²) in [5.41, 5.74) is 0.634. The van der Waals surface area contributed by atoms with Crippen molar-refractivity contribution in [2.24, 2.45) is 0 Å². The van der Waals surface area contributed by atoms with Gasteiger partial charge < -0.3 is 20.3 Å². The molecule has 2 N–H and O–H groups in total. The van der Waals surface area contributed by atoms with Gasteiger partial charge in [-0.05, 0) is 55.7 Å². The van der Waals surface area contributed by atoms with Crippen LogP contribution >= 0.6 is 0 Å². The summed E-state index contributed by atoms with van der Waals surface area (Å²) in [5, 5.41) is 6.85. The molecule has 0 aromatic heterocycles. The molecule has 2 aliphatic rings. The predicted molar refractivity (Wildman–Crippen MR) is 160 cm³/mol. The largest absolute Gasteiger partial charge is 0.445 e. The second kappa shape index (κ2) is 14.5. The number of hydrogen-bond acceptors (Lipinski definition) is 6. The van der Waals surface area contributed by atoms with Gasteiger partial charge in [-0.25, -0.2) is 13.2 Å². The number of nitrogens with zero attached hydrogens (tertiary/aromatic N) is 2. The van der Waals surface area contributed by atoms with E-state index in [1.165, 1.54) is 9.71 Å². The Morgan fingerprint density at radius 1 is 1.05 bits per heavy atom. The van der Waals surface area contributed by atoms with E-state index >= 15 is 0 Å². The third-order valence-corrected chi connectivity index (χ3v) is 9.36. The third-order valence-electron chi connectivity index (χ3n) is 7.80. The number of sulfonamides is 1. The number of amides is 3. The van der Waals surface area contributed by atoms with Crippen molar-refractivity contribution in [1.29, 1.82) is 0 Å². The normalized spacial score (nSPS) is 19.2. The lowest BCUT2D eigenvalue weighted by Gasteiger charge is -2.51.